The Balaban J connectivity index is 2.06. The zero-order chi connectivity index (χ0) is 14.8. The molecule has 1 atom stereocenters. The van der Waals surface area contributed by atoms with Crippen LogP contribution in [0.5, 0.6) is 0 Å². The third kappa shape index (κ3) is 2.68. The molecule has 0 saturated carbocycles. The Kier molecular flexibility index (Phi) is 3.97. The van der Waals surface area contributed by atoms with Crippen LogP contribution in [0.3, 0.4) is 0 Å². The van der Waals surface area contributed by atoms with E-state index in [1.807, 2.05) is 24.4 Å². The van der Waals surface area contributed by atoms with E-state index in [2.05, 4.69) is 23.4 Å². The number of hydrogen-bond donors (Lipinski definition) is 0. The topological polar surface area (TPSA) is 43.9 Å². The summed E-state index contributed by atoms with van der Waals surface area (Å²) >= 11 is 5.93. The first-order chi connectivity index (χ1) is 10.2. The SMILES string of the molecule is Cc1ccnc2c1nc(CCCl)n2C(C)Cc1ccco1. The van der Waals surface area contributed by atoms with Gasteiger partial charge in [-0.15, -0.1) is 11.6 Å². The largest absolute Gasteiger partial charge is 0.469 e. The van der Waals surface area contributed by atoms with Crippen LogP contribution in [0.2, 0.25) is 0 Å². The number of aromatic nitrogens is 3. The molecule has 0 saturated heterocycles. The van der Waals surface area contributed by atoms with Gasteiger partial charge in [0.1, 0.15) is 17.1 Å². The summed E-state index contributed by atoms with van der Waals surface area (Å²) in [6, 6.07) is 6.11. The lowest BCUT2D eigenvalue weighted by atomic mass is 10.2. The van der Waals surface area contributed by atoms with Crippen molar-refractivity contribution in [1.82, 2.24) is 14.5 Å². The van der Waals surface area contributed by atoms with Crippen molar-refractivity contribution in [3.05, 3.63) is 47.8 Å². The van der Waals surface area contributed by atoms with Gasteiger partial charge in [0.05, 0.1) is 6.26 Å². The molecule has 1 unspecified atom stereocenters. The van der Waals surface area contributed by atoms with E-state index in [1.54, 1.807) is 6.26 Å². The third-order valence-corrected chi connectivity index (χ3v) is 3.88. The molecular weight excluding hydrogens is 286 g/mol. The van der Waals surface area contributed by atoms with Gasteiger partial charge >= 0.3 is 0 Å². The fourth-order valence-corrected chi connectivity index (χ4v) is 2.86. The van der Waals surface area contributed by atoms with Crippen LogP contribution in [0.1, 0.15) is 30.1 Å². The molecule has 5 heteroatoms. The number of furan rings is 1. The molecule has 3 rings (SSSR count). The number of fused-ring (bicyclic) bond motifs is 1. The smallest absolute Gasteiger partial charge is 0.160 e. The molecule has 3 aromatic rings. The maximum absolute atomic E-state index is 5.93. The Morgan fingerprint density at radius 2 is 2.24 bits per heavy atom. The predicted octanol–water partition coefficient (Wildman–Crippen LogP) is 3.92. The second-order valence-corrected chi connectivity index (χ2v) is 5.65. The molecule has 0 amide bonds. The molecule has 0 aromatic carbocycles. The van der Waals surface area contributed by atoms with Crippen LogP contribution in [0.4, 0.5) is 0 Å². The van der Waals surface area contributed by atoms with Gasteiger partial charge in [-0.05, 0) is 37.6 Å². The summed E-state index contributed by atoms with van der Waals surface area (Å²) < 4.78 is 7.65. The highest BCUT2D eigenvalue weighted by molar-refractivity contribution is 6.17. The lowest BCUT2D eigenvalue weighted by Crippen LogP contribution is -2.12. The van der Waals surface area contributed by atoms with Gasteiger partial charge in [-0.2, -0.15) is 0 Å². The van der Waals surface area contributed by atoms with Crippen molar-refractivity contribution >= 4 is 22.8 Å². The number of alkyl halides is 1. The van der Waals surface area contributed by atoms with Crippen molar-refractivity contribution in [2.45, 2.75) is 32.7 Å². The number of halogens is 1. The van der Waals surface area contributed by atoms with Crippen molar-refractivity contribution in [2.75, 3.05) is 5.88 Å². The summed E-state index contributed by atoms with van der Waals surface area (Å²) in [6.07, 6.45) is 5.08. The highest BCUT2D eigenvalue weighted by Gasteiger charge is 2.18. The van der Waals surface area contributed by atoms with E-state index in [0.717, 1.165) is 41.2 Å². The van der Waals surface area contributed by atoms with E-state index in [1.165, 1.54) is 0 Å². The van der Waals surface area contributed by atoms with E-state index in [4.69, 9.17) is 21.0 Å². The van der Waals surface area contributed by atoms with Gasteiger partial charge in [0, 0.05) is 31.0 Å². The molecule has 110 valence electrons. The molecular formula is C16H18ClN3O. The molecule has 21 heavy (non-hydrogen) atoms. The highest BCUT2D eigenvalue weighted by Crippen LogP contribution is 2.24. The van der Waals surface area contributed by atoms with Crippen molar-refractivity contribution in [3.63, 3.8) is 0 Å². The lowest BCUT2D eigenvalue weighted by molar-refractivity contribution is 0.446. The maximum atomic E-state index is 5.93. The first-order valence-electron chi connectivity index (χ1n) is 7.11. The minimum absolute atomic E-state index is 0.216. The van der Waals surface area contributed by atoms with E-state index in [-0.39, 0.29) is 6.04 Å². The summed E-state index contributed by atoms with van der Waals surface area (Å²) in [4.78, 5) is 9.26. The van der Waals surface area contributed by atoms with Crippen molar-refractivity contribution < 1.29 is 4.42 Å². The second kappa shape index (κ2) is 5.90. The van der Waals surface area contributed by atoms with Gasteiger partial charge in [-0.25, -0.2) is 9.97 Å². The van der Waals surface area contributed by atoms with Crippen LogP contribution in [-0.4, -0.2) is 20.4 Å². The molecule has 0 radical (unpaired) electrons. The van der Waals surface area contributed by atoms with Gasteiger partial charge in [0.2, 0.25) is 0 Å². The first kappa shape index (κ1) is 14.1. The van der Waals surface area contributed by atoms with Crippen molar-refractivity contribution in [2.24, 2.45) is 0 Å². The fourth-order valence-electron chi connectivity index (χ4n) is 2.69. The summed E-state index contributed by atoms with van der Waals surface area (Å²) in [7, 11) is 0. The first-order valence-corrected chi connectivity index (χ1v) is 7.65. The fraction of sp³-hybridized carbons (Fsp3) is 0.375. The molecule has 3 heterocycles. The number of imidazole rings is 1. The summed E-state index contributed by atoms with van der Waals surface area (Å²) in [6.45, 7) is 4.22. The molecule has 0 spiro atoms. The van der Waals surface area contributed by atoms with Crippen LogP contribution in [0, 0.1) is 6.92 Å². The maximum Gasteiger partial charge on any atom is 0.160 e. The monoisotopic (exact) mass is 303 g/mol. The van der Waals surface area contributed by atoms with Gasteiger partial charge < -0.3 is 8.98 Å². The molecule has 0 N–H and O–H groups in total. The Bertz CT molecular complexity index is 733. The Morgan fingerprint density at radius 3 is 2.95 bits per heavy atom. The quantitative estimate of drug-likeness (QED) is 0.671. The van der Waals surface area contributed by atoms with E-state index in [9.17, 15) is 0 Å². The lowest BCUT2D eigenvalue weighted by Gasteiger charge is -2.15. The van der Waals surface area contributed by atoms with E-state index >= 15 is 0 Å². The minimum Gasteiger partial charge on any atom is -0.469 e. The second-order valence-electron chi connectivity index (χ2n) is 5.27. The number of aryl methyl sites for hydroxylation is 2. The van der Waals surface area contributed by atoms with E-state index in [0.29, 0.717) is 5.88 Å². The zero-order valence-electron chi connectivity index (χ0n) is 12.2. The number of pyridine rings is 1. The van der Waals surface area contributed by atoms with Crippen molar-refractivity contribution in [1.29, 1.82) is 0 Å². The molecule has 0 bridgehead atoms. The van der Waals surface area contributed by atoms with Gasteiger partial charge in [-0.3, -0.25) is 0 Å². The van der Waals surface area contributed by atoms with Crippen LogP contribution in [-0.2, 0) is 12.8 Å². The van der Waals surface area contributed by atoms with Crippen molar-refractivity contribution in [3.8, 4) is 0 Å². The normalized spacial score (nSPS) is 12.9. The Hall–Kier alpha value is -1.81. The predicted molar refractivity (Wildman–Crippen MR) is 83.8 cm³/mol. The molecule has 0 aliphatic carbocycles. The van der Waals surface area contributed by atoms with E-state index < -0.39 is 0 Å². The zero-order valence-corrected chi connectivity index (χ0v) is 13.0. The Labute approximate surface area is 128 Å². The summed E-state index contributed by atoms with van der Waals surface area (Å²) in [5.41, 5.74) is 3.03. The molecule has 0 aliphatic heterocycles. The highest BCUT2D eigenvalue weighted by atomic mass is 35.5. The average molecular weight is 304 g/mol. The Morgan fingerprint density at radius 1 is 1.38 bits per heavy atom. The van der Waals surface area contributed by atoms with Crippen LogP contribution >= 0.6 is 11.6 Å². The average Bonchev–Trinajstić information content (AvgIpc) is 3.07. The van der Waals surface area contributed by atoms with Crippen LogP contribution in [0.15, 0.2) is 35.1 Å². The van der Waals surface area contributed by atoms with Gasteiger partial charge in [0.15, 0.2) is 5.65 Å². The number of hydrogen-bond acceptors (Lipinski definition) is 3. The number of rotatable bonds is 5. The number of nitrogens with zero attached hydrogens (tertiary/aromatic N) is 3. The minimum atomic E-state index is 0.216. The summed E-state index contributed by atoms with van der Waals surface area (Å²) in [5.74, 6) is 2.50. The van der Waals surface area contributed by atoms with Crippen LogP contribution in [0.25, 0.3) is 11.2 Å². The molecule has 0 fully saturated rings. The third-order valence-electron chi connectivity index (χ3n) is 3.69. The van der Waals surface area contributed by atoms with Gasteiger partial charge in [-0.1, -0.05) is 0 Å². The van der Waals surface area contributed by atoms with Crippen LogP contribution < -0.4 is 0 Å². The molecule has 3 aromatic heterocycles. The summed E-state index contributed by atoms with van der Waals surface area (Å²) in [5, 5.41) is 0. The van der Waals surface area contributed by atoms with Gasteiger partial charge in [0.25, 0.3) is 0 Å². The standard InChI is InChI=1S/C16H18ClN3O/c1-11-6-8-18-16-15(11)19-14(5-7-17)20(16)12(2)10-13-4-3-9-21-13/h3-4,6,8-9,12H,5,7,10H2,1-2H3. The molecule has 0 aliphatic rings. The molecule has 4 nitrogen and oxygen atoms in total.